The third kappa shape index (κ3) is 3.12. The molecule has 112 valence electrons. The van der Waals surface area contributed by atoms with Gasteiger partial charge in [-0.3, -0.25) is 15.1 Å². The number of nitrogens with zero attached hydrogens (tertiary/aromatic N) is 3. The first-order valence-corrected chi connectivity index (χ1v) is 7.92. The van der Waals surface area contributed by atoms with Crippen molar-refractivity contribution in [3.05, 3.63) is 47.1 Å². The molecule has 3 rings (SSSR count). The second kappa shape index (κ2) is 6.19. The van der Waals surface area contributed by atoms with Crippen LogP contribution in [0.3, 0.4) is 0 Å². The number of hydrogen-bond acceptors (Lipinski definition) is 5. The highest BCUT2D eigenvalue weighted by atomic mass is 32.1. The molecule has 0 bridgehead atoms. The molecule has 2 heterocycles. The molecule has 0 atom stereocenters. The fourth-order valence-electron chi connectivity index (χ4n) is 2.19. The third-order valence-corrected chi connectivity index (χ3v) is 4.02. The zero-order valence-corrected chi connectivity index (χ0v) is 13.2. The summed E-state index contributed by atoms with van der Waals surface area (Å²) in [5.74, 6) is 0.325. The average molecular weight is 312 g/mol. The number of carbonyl (C=O) groups is 1. The first-order valence-electron chi connectivity index (χ1n) is 7.11. The number of para-hydroxylation sites is 1. The first kappa shape index (κ1) is 14.6. The highest BCUT2D eigenvalue weighted by Crippen LogP contribution is 2.21. The molecule has 3 aromatic rings. The van der Waals surface area contributed by atoms with Crippen molar-refractivity contribution < 1.29 is 4.79 Å². The minimum Gasteiger partial charge on any atom is -0.296 e. The fourth-order valence-corrected chi connectivity index (χ4v) is 3.14. The molecule has 6 heteroatoms. The van der Waals surface area contributed by atoms with Crippen molar-refractivity contribution in [2.75, 3.05) is 5.32 Å². The van der Waals surface area contributed by atoms with Crippen molar-refractivity contribution >= 4 is 33.3 Å². The van der Waals surface area contributed by atoms with Crippen molar-refractivity contribution in [1.82, 2.24) is 15.2 Å². The van der Waals surface area contributed by atoms with Gasteiger partial charge < -0.3 is 0 Å². The summed E-state index contributed by atoms with van der Waals surface area (Å²) in [6.45, 7) is 4.26. The number of fused-ring (bicyclic) bond motifs is 1. The summed E-state index contributed by atoms with van der Waals surface area (Å²) in [5.41, 5.74) is 1.39. The Morgan fingerprint density at radius 1 is 1.23 bits per heavy atom. The van der Waals surface area contributed by atoms with Gasteiger partial charge in [0.2, 0.25) is 5.13 Å². The number of rotatable bonds is 4. The van der Waals surface area contributed by atoms with E-state index in [9.17, 15) is 4.79 Å². The van der Waals surface area contributed by atoms with Crippen LogP contribution in [0.15, 0.2) is 36.5 Å². The van der Waals surface area contributed by atoms with Crippen molar-refractivity contribution in [3.8, 4) is 0 Å². The maximum atomic E-state index is 12.5. The number of carbonyl (C=O) groups excluding carboxylic acids is 1. The normalized spacial score (nSPS) is 11.0. The Kier molecular flexibility index (Phi) is 4.11. The van der Waals surface area contributed by atoms with Crippen LogP contribution in [-0.2, 0) is 6.42 Å². The van der Waals surface area contributed by atoms with E-state index in [0.717, 1.165) is 22.3 Å². The van der Waals surface area contributed by atoms with Crippen LogP contribution in [0, 0.1) is 5.92 Å². The Balaban J connectivity index is 1.83. The lowest BCUT2D eigenvalue weighted by molar-refractivity contribution is 0.102. The molecule has 0 unspecified atom stereocenters. The van der Waals surface area contributed by atoms with E-state index in [4.69, 9.17) is 0 Å². The molecule has 0 aliphatic heterocycles. The van der Waals surface area contributed by atoms with Gasteiger partial charge in [-0.25, -0.2) is 0 Å². The maximum Gasteiger partial charge on any atom is 0.258 e. The molecule has 1 N–H and O–H groups in total. The molecule has 0 aliphatic carbocycles. The van der Waals surface area contributed by atoms with E-state index in [0.29, 0.717) is 16.6 Å². The van der Waals surface area contributed by atoms with E-state index in [1.807, 2.05) is 24.3 Å². The van der Waals surface area contributed by atoms with E-state index < -0.39 is 0 Å². The molecule has 0 saturated heterocycles. The van der Waals surface area contributed by atoms with E-state index in [2.05, 4.69) is 34.3 Å². The summed E-state index contributed by atoms with van der Waals surface area (Å²) in [7, 11) is 0. The van der Waals surface area contributed by atoms with E-state index in [1.165, 1.54) is 11.3 Å². The van der Waals surface area contributed by atoms with Gasteiger partial charge in [0.25, 0.3) is 5.91 Å². The summed E-state index contributed by atoms with van der Waals surface area (Å²) in [5, 5.41) is 13.3. The number of aromatic nitrogens is 3. The minimum absolute atomic E-state index is 0.189. The van der Waals surface area contributed by atoms with Crippen molar-refractivity contribution in [1.29, 1.82) is 0 Å². The monoisotopic (exact) mass is 312 g/mol. The first-order chi connectivity index (χ1) is 10.6. The van der Waals surface area contributed by atoms with Crippen LogP contribution in [0.4, 0.5) is 5.13 Å². The minimum atomic E-state index is -0.189. The lowest BCUT2D eigenvalue weighted by atomic mass is 10.1. The zero-order chi connectivity index (χ0) is 15.5. The van der Waals surface area contributed by atoms with Gasteiger partial charge in [0, 0.05) is 18.0 Å². The van der Waals surface area contributed by atoms with Gasteiger partial charge in [-0.05, 0) is 18.1 Å². The number of anilines is 1. The smallest absolute Gasteiger partial charge is 0.258 e. The van der Waals surface area contributed by atoms with E-state index in [-0.39, 0.29) is 5.91 Å². The van der Waals surface area contributed by atoms with Crippen molar-refractivity contribution in [3.63, 3.8) is 0 Å². The van der Waals surface area contributed by atoms with Gasteiger partial charge in [0.05, 0.1) is 11.1 Å². The van der Waals surface area contributed by atoms with Crippen LogP contribution in [0.2, 0.25) is 0 Å². The number of pyridine rings is 1. The van der Waals surface area contributed by atoms with Crippen LogP contribution in [0.5, 0.6) is 0 Å². The number of nitrogens with one attached hydrogen (secondary N) is 1. The van der Waals surface area contributed by atoms with Crippen LogP contribution in [0.1, 0.15) is 29.2 Å². The predicted octanol–water partition coefficient (Wildman–Crippen LogP) is 3.54. The molecular formula is C16H16N4OS. The molecular weight excluding hydrogens is 296 g/mol. The largest absolute Gasteiger partial charge is 0.296 e. The quantitative estimate of drug-likeness (QED) is 0.800. The molecule has 0 spiro atoms. The standard InChI is InChI=1S/C16H16N4OS/c1-10(2)9-14-19-20-16(22-14)18-15(21)12-7-8-17-13-6-4-3-5-11(12)13/h3-8,10H,9H2,1-2H3,(H,18,20,21). The maximum absolute atomic E-state index is 12.5. The van der Waals surface area contributed by atoms with Crippen molar-refractivity contribution in [2.24, 2.45) is 5.92 Å². The lowest BCUT2D eigenvalue weighted by Gasteiger charge is -2.04. The molecule has 1 aromatic carbocycles. The number of hydrogen-bond donors (Lipinski definition) is 1. The third-order valence-electron chi connectivity index (χ3n) is 3.16. The topological polar surface area (TPSA) is 67.8 Å². The molecule has 0 aliphatic rings. The van der Waals surface area contributed by atoms with Crippen LogP contribution in [0.25, 0.3) is 10.9 Å². The van der Waals surface area contributed by atoms with Gasteiger partial charge in [0.1, 0.15) is 5.01 Å². The van der Waals surface area contributed by atoms with Gasteiger partial charge in [-0.2, -0.15) is 0 Å². The Bertz CT molecular complexity index is 807. The van der Waals surface area contributed by atoms with Gasteiger partial charge in [-0.1, -0.05) is 43.4 Å². The molecule has 0 radical (unpaired) electrons. The lowest BCUT2D eigenvalue weighted by Crippen LogP contribution is -2.12. The second-order valence-corrected chi connectivity index (χ2v) is 6.49. The average Bonchev–Trinajstić information content (AvgIpc) is 2.92. The summed E-state index contributed by atoms with van der Waals surface area (Å²) < 4.78 is 0. The number of benzene rings is 1. The van der Waals surface area contributed by atoms with Crippen LogP contribution in [-0.4, -0.2) is 21.1 Å². The van der Waals surface area contributed by atoms with Gasteiger partial charge in [0.15, 0.2) is 0 Å². The Morgan fingerprint density at radius 3 is 2.86 bits per heavy atom. The van der Waals surface area contributed by atoms with Gasteiger partial charge in [-0.15, -0.1) is 10.2 Å². The number of amides is 1. The summed E-state index contributed by atoms with van der Waals surface area (Å²) in [6.07, 6.45) is 2.51. The summed E-state index contributed by atoms with van der Waals surface area (Å²) in [6, 6.07) is 9.29. The molecule has 0 fully saturated rings. The zero-order valence-electron chi connectivity index (χ0n) is 12.4. The molecule has 5 nitrogen and oxygen atoms in total. The highest BCUT2D eigenvalue weighted by Gasteiger charge is 2.13. The van der Waals surface area contributed by atoms with Gasteiger partial charge >= 0.3 is 0 Å². The summed E-state index contributed by atoms with van der Waals surface area (Å²) >= 11 is 1.42. The van der Waals surface area contributed by atoms with E-state index >= 15 is 0 Å². The highest BCUT2D eigenvalue weighted by molar-refractivity contribution is 7.15. The predicted molar refractivity (Wildman–Crippen MR) is 88.1 cm³/mol. The Morgan fingerprint density at radius 2 is 2.05 bits per heavy atom. The summed E-state index contributed by atoms with van der Waals surface area (Å²) in [4.78, 5) is 16.7. The molecule has 0 saturated carbocycles. The second-order valence-electron chi connectivity index (χ2n) is 5.43. The molecule has 22 heavy (non-hydrogen) atoms. The molecule has 1 amide bonds. The molecule has 2 aromatic heterocycles. The Labute approximate surface area is 132 Å². The SMILES string of the molecule is CC(C)Cc1nnc(NC(=O)c2ccnc3ccccc23)s1. The van der Waals surface area contributed by atoms with E-state index in [1.54, 1.807) is 12.3 Å². The Hall–Kier alpha value is -2.34. The van der Waals surface area contributed by atoms with Crippen LogP contribution >= 0.6 is 11.3 Å². The van der Waals surface area contributed by atoms with Crippen LogP contribution < -0.4 is 5.32 Å². The van der Waals surface area contributed by atoms with Crippen molar-refractivity contribution in [2.45, 2.75) is 20.3 Å². The fraction of sp³-hybridized carbons (Fsp3) is 0.250.